The Morgan fingerprint density at radius 2 is 1.74 bits per heavy atom. The van der Waals surface area contributed by atoms with E-state index in [-0.39, 0.29) is 12.2 Å². The number of carboxylic acids is 1. The smallest absolute Gasteiger partial charge is 0.356 e. The lowest BCUT2D eigenvalue weighted by Crippen LogP contribution is -2.10. The Bertz CT molecular complexity index is 1360. The first-order valence-corrected chi connectivity index (χ1v) is 9.92. The molecule has 0 saturated heterocycles. The van der Waals surface area contributed by atoms with Crippen molar-refractivity contribution < 1.29 is 14.3 Å². The number of nitrogens with zero attached hydrogens (tertiary/aromatic N) is 3. The monoisotopic (exact) mass is 431 g/mol. The zero-order valence-corrected chi connectivity index (χ0v) is 16.8. The molecule has 2 heterocycles. The molecule has 7 heteroatoms. The van der Waals surface area contributed by atoms with Crippen molar-refractivity contribution in [1.29, 1.82) is 0 Å². The molecular weight excluding hydrogens is 417 g/mol. The molecule has 0 aliphatic carbocycles. The highest BCUT2D eigenvalue weighted by molar-refractivity contribution is 6.31. The zero-order valence-electron chi connectivity index (χ0n) is 16.1. The van der Waals surface area contributed by atoms with E-state index < -0.39 is 11.8 Å². The predicted octanol–water partition coefficient (Wildman–Crippen LogP) is 5.38. The number of benzene rings is 3. The van der Waals surface area contributed by atoms with E-state index in [1.54, 1.807) is 41.0 Å². The van der Waals surface area contributed by atoms with Crippen LogP contribution in [-0.4, -0.2) is 26.3 Å². The first kappa shape index (κ1) is 19.2. The van der Waals surface area contributed by atoms with E-state index in [9.17, 15) is 14.3 Å². The summed E-state index contributed by atoms with van der Waals surface area (Å²) in [5.41, 5.74) is 3.06. The third-order valence-corrected chi connectivity index (χ3v) is 5.41. The molecule has 1 aromatic heterocycles. The largest absolute Gasteiger partial charge is 0.476 e. The average Bonchev–Trinajstić information content (AvgIpc) is 3.08. The minimum absolute atomic E-state index is 0.0252. The second-order valence-corrected chi connectivity index (χ2v) is 7.48. The standard InChI is InChI=1S/C24H15ClFN3O2/c25-15-10-11-19-17(12-15)21(16-8-4-5-9-18(16)26)27-13-20-22(24(30)31)28-23(29(19)20)14-6-2-1-3-7-14/h1-12H,13H2,(H,30,31). The van der Waals surface area contributed by atoms with Gasteiger partial charge in [-0.3, -0.25) is 9.56 Å². The zero-order chi connectivity index (χ0) is 21.5. The number of carboxylic acid groups (broad SMARTS) is 1. The summed E-state index contributed by atoms with van der Waals surface area (Å²) in [5.74, 6) is -1.09. The number of imidazole rings is 1. The van der Waals surface area contributed by atoms with E-state index in [4.69, 9.17) is 11.6 Å². The number of rotatable bonds is 3. The SMILES string of the molecule is O=C(O)c1nc(-c2ccccc2)n2c1CN=C(c1ccccc1F)c1cc(Cl)ccc1-2. The fraction of sp³-hybridized carbons (Fsp3) is 0.0417. The molecule has 0 spiro atoms. The Kier molecular flexibility index (Phi) is 4.64. The number of aromatic carboxylic acids is 1. The third kappa shape index (κ3) is 3.21. The van der Waals surface area contributed by atoms with Gasteiger partial charge in [0.05, 0.1) is 23.6 Å². The van der Waals surface area contributed by atoms with E-state index >= 15 is 0 Å². The van der Waals surface area contributed by atoms with E-state index in [1.165, 1.54) is 6.07 Å². The molecule has 0 saturated carbocycles. The van der Waals surface area contributed by atoms with Crippen LogP contribution in [0.25, 0.3) is 17.1 Å². The van der Waals surface area contributed by atoms with Crippen molar-refractivity contribution in [1.82, 2.24) is 9.55 Å². The first-order valence-electron chi connectivity index (χ1n) is 9.54. The van der Waals surface area contributed by atoms with Crippen molar-refractivity contribution in [3.8, 4) is 17.1 Å². The van der Waals surface area contributed by atoms with Gasteiger partial charge in [-0.1, -0.05) is 54.1 Å². The molecule has 152 valence electrons. The van der Waals surface area contributed by atoms with Gasteiger partial charge in [-0.15, -0.1) is 0 Å². The Labute approximate surface area is 182 Å². The molecule has 1 aliphatic rings. The summed E-state index contributed by atoms with van der Waals surface area (Å²) in [7, 11) is 0. The molecular formula is C24H15ClFN3O2. The van der Waals surface area contributed by atoms with Crippen molar-refractivity contribution in [2.45, 2.75) is 6.54 Å². The van der Waals surface area contributed by atoms with Gasteiger partial charge in [-0.25, -0.2) is 14.2 Å². The lowest BCUT2D eigenvalue weighted by Gasteiger charge is -2.15. The minimum atomic E-state index is -1.15. The predicted molar refractivity (Wildman–Crippen MR) is 117 cm³/mol. The molecule has 0 bridgehead atoms. The van der Waals surface area contributed by atoms with Crippen LogP contribution in [0.15, 0.2) is 77.8 Å². The number of fused-ring (bicyclic) bond motifs is 3. The molecule has 4 aromatic rings. The van der Waals surface area contributed by atoms with Crippen molar-refractivity contribution in [2.24, 2.45) is 4.99 Å². The Morgan fingerprint density at radius 1 is 1.00 bits per heavy atom. The summed E-state index contributed by atoms with van der Waals surface area (Å²) in [6.07, 6.45) is 0. The summed E-state index contributed by atoms with van der Waals surface area (Å²) in [5, 5.41) is 10.3. The number of hydrogen-bond acceptors (Lipinski definition) is 3. The van der Waals surface area contributed by atoms with E-state index in [0.29, 0.717) is 39.1 Å². The highest BCUT2D eigenvalue weighted by Gasteiger charge is 2.29. The van der Waals surface area contributed by atoms with E-state index in [0.717, 1.165) is 5.56 Å². The second-order valence-electron chi connectivity index (χ2n) is 7.04. The highest BCUT2D eigenvalue weighted by Crippen LogP contribution is 2.34. The van der Waals surface area contributed by atoms with Crippen molar-refractivity contribution >= 4 is 23.3 Å². The molecule has 5 nitrogen and oxygen atoms in total. The Balaban J connectivity index is 1.85. The fourth-order valence-corrected chi connectivity index (χ4v) is 4.00. The molecule has 5 rings (SSSR count). The maximum Gasteiger partial charge on any atom is 0.356 e. The molecule has 0 radical (unpaired) electrons. The van der Waals surface area contributed by atoms with Crippen LogP contribution < -0.4 is 0 Å². The van der Waals surface area contributed by atoms with Crippen LogP contribution in [0.1, 0.15) is 27.3 Å². The maximum atomic E-state index is 14.7. The van der Waals surface area contributed by atoms with Crippen LogP contribution in [0.2, 0.25) is 5.02 Å². The fourth-order valence-electron chi connectivity index (χ4n) is 3.83. The van der Waals surface area contributed by atoms with Gasteiger partial charge in [0.25, 0.3) is 0 Å². The van der Waals surface area contributed by atoms with Crippen LogP contribution in [0.4, 0.5) is 4.39 Å². The lowest BCUT2D eigenvalue weighted by molar-refractivity contribution is 0.0690. The summed E-state index contributed by atoms with van der Waals surface area (Å²) in [6, 6.07) is 20.9. The quantitative estimate of drug-likeness (QED) is 0.473. The number of halogens is 2. The van der Waals surface area contributed by atoms with Gasteiger partial charge in [0.15, 0.2) is 5.69 Å². The molecule has 0 unspecified atom stereocenters. The van der Waals surface area contributed by atoms with Gasteiger partial charge in [0.1, 0.15) is 11.6 Å². The Hall–Kier alpha value is -3.77. The van der Waals surface area contributed by atoms with Gasteiger partial charge in [-0.2, -0.15) is 0 Å². The van der Waals surface area contributed by atoms with Crippen LogP contribution in [0.5, 0.6) is 0 Å². The third-order valence-electron chi connectivity index (χ3n) is 5.18. The summed E-state index contributed by atoms with van der Waals surface area (Å²) in [4.78, 5) is 21.0. The molecule has 0 fully saturated rings. The number of carbonyl (C=O) groups is 1. The summed E-state index contributed by atoms with van der Waals surface area (Å²) in [6.45, 7) is 0.0252. The van der Waals surface area contributed by atoms with Crippen LogP contribution in [0.3, 0.4) is 0 Å². The van der Waals surface area contributed by atoms with Gasteiger partial charge >= 0.3 is 5.97 Å². The summed E-state index contributed by atoms with van der Waals surface area (Å²) < 4.78 is 16.5. The Morgan fingerprint density at radius 3 is 2.48 bits per heavy atom. The molecule has 31 heavy (non-hydrogen) atoms. The van der Waals surface area contributed by atoms with Gasteiger partial charge < -0.3 is 5.11 Å². The van der Waals surface area contributed by atoms with Gasteiger partial charge in [0, 0.05) is 21.7 Å². The topological polar surface area (TPSA) is 67.5 Å². The molecule has 0 amide bonds. The minimum Gasteiger partial charge on any atom is -0.476 e. The number of aromatic nitrogens is 2. The van der Waals surface area contributed by atoms with Gasteiger partial charge in [0.2, 0.25) is 0 Å². The normalized spacial score (nSPS) is 12.5. The van der Waals surface area contributed by atoms with Crippen LogP contribution in [-0.2, 0) is 6.54 Å². The molecule has 1 aliphatic heterocycles. The highest BCUT2D eigenvalue weighted by atomic mass is 35.5. The average molecular weight is 432 g/mol. The molecule has 1 N–H and O–H groups in total. The number of hydrogen-bond donors (Lipinski definition) is 1. The van der Waals surface area contributed by atoms with Gasteiger partial charge in [-0.05, 0) is 30.3 Å². The maximum absolute atomic E-state index is 14.7. The molecule has 0 atom stereocenters. The second kappa shape index (κ2) is 7.49. The van der Waals surface area contributed by atoms with E-state index in [2.05, 4.69) is 9.98 Å². The van der Waals surface area contributed by atoms with Crippen molar-refractivity contribution in [3.63, 3.8) is 0 Å². The summed E-state index contributed by atoms with van der Waals surface area (Å²) >= 11 is 6.29. The molecule has 3 aromatic carbocycles. The van der Waals surface area contributed by atoms with Crippen LogP contribution >= 0.6 is 11.6 Å². The van der Waals surface area contributed by atoms with Crippen molar-refractivity contribution in [3.05, 3.63) is 106 Å². The van der Waals surface area contributed by atoms with E-state index in [1.807, 2.05) is 30.3 Å². The number of aliphatic imine (C=N–C) groups is 1. The van der Waals surface area contributed by atoms with Crippen LogP contribution in [0, 0.1) is 5.82 Å². The first-order chi connectivity index (χ1) is 15.0. The van der Waals surface area contributed by atoms with Crippen molar-refractivity contribution in [2.75, 3.05) is 0 Å². The lowest BCUT2D eigenvalue weighted by atomic mass is 10.00.